The number of halogens is 2. The van der Waals surface area contributed by atoms with E-state index in [1.807, 2.05) is 37.2 Å². The summed E-state index contributed by atoms with van der Waals surface area (Å²) in [5.41, 5.74) is 1.59. The number of hydrogen-bond acceptors (Lipinski definition) is 3. The third-order valence-electron chi connectivity index (χ3n) is 3.25. The fourth-order valence-electron chi connectivity index (χ4n) is 2.04. The van der Waals surface area contributed by atoms with Gasteiger partial charge in [-0.15, -0.1) is 0 Å². The van der Waals surface area contributed by atoms with E-state index in [1.165, 1.54) is 24.3 Å². The lowest BCUT2D eigenvalue weighted by Gasteiger charge is -2.14. The summed E-state index contributed by atoms with van der Waals surface area (Å²) in [5, 5.41) is 11.6. The molecule has 2 rings (SSSR count). The summed E-state index contributed by atoms with van der Waals surface area (Å²) in [6.07, 6.45) is 1.46. The normalized spacial score (nSPS) is 10.9. The highest BCUT2D eigenvalue weighted by Gasteiger charge is 2.12. The van der Waals surface area contributed by atoms with Crippen molar-refractivity contribution in [1.29, 1.82) is 5.26 Å². The molecule has 0 unspecified atom stereocenters. The molecule has 0 heterocycles. The van der Waals surface area contributed by atoms with E-state index in [0.29, 0.717) is 5.56 Å². The van der Waals surface area contributed by atoms with Crippen LogP contribution >= 0.6 is 15.9 Å². The largest absolute Gasteiger partial charge is 0.377 e. The molecule has 0 aliphatic rings. The maximum atomic E-state index is 13.6. The van der Waals surface area contributed by atoms with Crippen LogP contribution in [0.25, 0.3) is 6.08 Å². The number of carbonyl (C=O) groups excluding carboxylic acids is 1. The number of rotatable bonds is 4. The Kier molecular flexibility index (Phi) is 5.72. The molecule has 2 aromatic rings. The van der Waals surface area contributed by atoms with Crippen LogP contribution in [0, 0.1) is 17.1 Å². The summed E-state index contributed by atoms with van der Waals surface area (Å²) in [6.45, 7) is 0. The van der Waals surface area contributed by atoms with Crippen LogP contribution in [0.3, 0.4) is 0 Å². The van der Waals surface area contributed by atoms with E-state index in [9.17, 15) is 14.4 Å². The lowest BCUT2D eigenvalue weighted by Crippen LogP contribution is -2.14. The fraction of sp³-hybridized carbons (Fsp3) is 0.111. The summed E-state index contributed by atoms with van der Waals surface area (Å²) in [5.74, 6) is -1.21. The van der Waals surface area contributed by atoms with E-state index in [0.717, 1.165) is 10.2 Å². The molecule has 0 spiro atoms. The molecule has 1 amide bonds. The molecule has 0 aliphatic heterocycles. The fourth-order valence-corrected chi connectivity index (χ4v) is 2.79. The number of hydrogen-bond donors (Lipinski definition) is 1. The minimum atomic E-state index is -0.657. The molecule has 4 nitrogen and oxygen atoms in total. The first-order valence-corrected chi connectivity index (χ1v) is 7.86. The van der Waals surface area contributed by atoms with Gasteiger partial charge in [-0.1, -0.05) is 18.2 Å². The number of para-hydroxylation sites is 1. The van der Waals surface area contributed by atoms with Gasteiger partial charge in [-0.05, 0) is 51.8 Å². The van der Waals surface area contributed by atoms with Crippen molar-refractivity contribution in [1.82, 2.24) is 0 Å². The molecule has 0 aromatic heterocycles. The Hall–Kier alpha value is -2.65. The summed E-state index contributed by atoms with van der Waals surface area (Å²) in [4.78, 5) is 14.1. The van der Waals surface area contributed by atoms with Crippen LogP contribution in [0.1, 0.15) is 5.56 Å². The maximum absolute atomic E-state index is 13.6. The van der Waals surface area contributed by atoms with Gasteiger partial charge in [0.15, 0.2) is 0 Å². The molecule has 122 valence electrons. The van der Waals surface area contributed by atoms with E-state index in [-0.39, 0.29) is 11.3 Å². The number of carbonyl (C=O) groups is 1. The van der Waals surface area contributed by atoms with Gasteiger partial charge in [0.2, 0.25) is 0 Å². The molecule has 0 radical (unpaired) electrons. The highest BCUT2D eigenvalue weighted by atomic mass is 79.9. The van der Waals surface area contributed by atoms with Crippen molar-refractivity contribution >= 4 is 39.3 Å². The van der Waals surface area contributed by atoms with Gasteiger partial charge in [-0.2, -0.15) is 5.26 Å². The van der Waals surface area contributed by atoms with Crippen LogP contribution in [0.4, 0.5) is 15.8 Å². The zero-order chi connectivity index (χ0) is 17.7. The number of benzene rings is 2. The molecule has 6 heteroatoms. The van der Waals surface area contributed by atoms with Crippen LogP contribution in [-0.2, 0) is 4.79 Å². The predicted molar refractivity (Wildman–Crippen MR) is 97.1 cm³/mol. The minimum absolute atomic E-state index is 0.0350. The lowest BCUT2D eigenvalue weighted by atomic mass is 10.1. The van der Waals surface area contributed by atoms with Crippen molar-refractivity contribution in [2.24, 2.45) is 0 Å². The Morgan fingerprint density at radius 2 is 2.00 bits per heavy atom. The van der Waals surface area contributed by atoms with Crippen LogP contribution < -0.4 is 10.2 Å². The van der Waals surface area contributed by atoms with Gasteiger partial charge in [0.1, 0.15) is 17.5 Å². The van der Waals surface area contributed by atoms with E-state index >= 15 is 0 Å². The highest BCUT2D eigenvalue weighted by Crippen LogP contribution is 2.26. The molecule has 0 bridgehead atoms. The van der Waals surface area contributed by atoms with Crippen LogP contribution in [-0.4, -0.2) is 20.0 Å². The van der Waals surface area contributed by atoms with Crippen molar-refractivity contribution in [2.75, 3.05) is 24.3 Å². The summed E-state index contributed by atoms with van der Waals surface area (Å²) in [7, 11) is 3.83. The Morgan fingerprint density at radius 3 is 2.58 bits per heavy atom. The van der Waals surface area contributed by atoms with Gasteiger partial charge >= 0.3 is 0 Å². The molecular weight excluding hydrogens is 373 g/mol. The first-order valence-electron chi connectivity index (χ1n) is 7.07. The molecule has 2 aromatic carbocycles. The summed E-state index contributed by atoms with van der Waals surface area (Å²) >= 11 is 3.46. The van der Waals surface area contributed by atoms with Gasteiger partial charge in [0.25, 0.3) is 5.91 Å². The Balaban J connectivity index is 2.26. The maximum Gasteiger partial charge on any atom is 0.266 e. The third-order valence-corrected chi connectivity index (χ3v) is 3.89. The molecule has 0 saturated carbocycles. The number of amides is 1. The van der Waals surface area contributed by atoms with E-state index < -0.39 is 11.7 Å². The smallest absolute Gasteiger partial charge is 0.266 e. The van der Waals surface area contributed by atoms with Gasteiger partial charge in [0, 0.05) is 18.6 Å². The standard InChI is InChI=1S/C18H15BrFN3O/c1-23(2)17-8-7-12(10-14(17)19)9-13(11-21)18(24)22-16-6-4-3-5-15(16)20/h3-10H,1-2H3,(H,22,24)/b13-9+. The molecule has 0 saturated heterocycles. The first kappa shape index (κ1) is 17.7. The Bertz CT molecular complexity index is 840. The van der Waals surface area contributed by atoms with Gasteiger partial charge in [-0.3, -0.25) is 4.79 Å². The van der Waals surface area contributed by atoms with E-state index in [4.69, 9.17) is 0 Å². The third kappa shape index (κ3) is 4.21. The quantitative estimate of drug-likeness (QED) is 0.631. The van der Waals surface area contributed by atoms with Crippen molar-refractivity contribution in [3.63, 3.8) is 0 Å². The van der Waals surface area contributed by atoms with E-state index in [2.05, 4.69) is 21.2 Å². The molecule has 1 N–H and O–H groups in total. The average molecular weight is 388 g/mol. The van der Waals surface area contributed by atoms with Gasteiger partial charge in [0.05, 0.1) is 11.4 Å². The predicted octanol–water partition coefficient (Wildman–Crippen LogP) is 4.20. The second-order valence-corrected chi connectivity index (χ2v) is 6.06. The highest BCUT2D eigenvalue weighted by molar-refractivity contribution is 9.10. The minimum Gasteiger partial charge on any atom is -0.377 e. The first-order chi connectivity index (χ1) is 11.4. The molecular formula is C18H15BrFN3O. The van der Waals surface area contributed by atoms with E-state index in [1.54, 1.807) is 12.1 Å². The molecule has 0 aliphatic carbocycles. The monoisotopic (exact) mass is 387 g/mol. The number of anilines is 2. The molecule has 0 fully saturated rings. The second kappa shape index (κ2) is 7.75. The lowest BCUT2D eigenvalue weighted by molar-refractivity contribution is -0.112. The Morgan fingerprint density at radius 1 is 1.29 bits per heavy atom. The van der Waals surface area contributed by atoms with Crippen LogP contribution in [0.2, 0.25) is 0 Å². The number of nitrogens with zero attached hydrogens (tertiary/aromatic N) is 2. The van der Waals surface area contributed by atoms with Crippen molar-refractivity contribution in [3.05, 3.63) is 63.9 Å². The van der Waals surface area contributed by atoms with Crippen LogP contribution in [0.15, 0.2) is 52.5 Å². The van der Waals surface area contributed by atoms with Crippen molar-refractivity contribution < 1.29 is 9.18 Å². The molecule has 0 atom stereocenters. The average Bonchev–Trinajstić information content (AvgIpc) is 2.54. The summed E-state index contributed by atoms with van der Waals surface area (Å²) < 4.78 is 14.4. The Labute approximate surface area is 148 Å². The van der Waals surface area contributed by atoms with Crippen LogP contribution in [0.5, 0.6) is 0 Å². The number of nitrogens with one attached hydrogen (secondary N) is 1. The van der Waals surface area contributed by atoms with Crippen molar-refractivity contribution in [2.45, 2.75) is 0 Å². The zero-order valence-electron chi connectivity index (χ0n) is 13.2. The van der Waals surface area contributed by atoms with Crippen molar-refractivity contribution in [3.8, 4) is 6.07 Å². The topological polar surface area (TPSA) is 56.1 Å². The SMILES string of the molecule is CN(C)c1ccc(/C=C(\C#N)C(=O)Nc2ccccc2F)cc1Br. The van der Waals surface area contributed by atoms with Gasteiger partial charge in [-0.25, -0.2) is 4.39 Å². The zero-order valence-corrected chi connectivity index (χ0v) is 14.8. The van der Waals surface area contributed by atoms with Gasteiger partial charge < -0.3 is 10.2 Å². The summed E-state index contributed by atoms with van der Waals surface area (Å²) in [6, 6.07) is 13.1. The second-order valence-electron chi connectivity index (χ2n) is 5.21. The molecule has 24 heavy (non-hydrogen) atoms. The number of nitriles is 1.